The van der Waals surface area contributed by atoms with Gasteiger partial charge in [-0.1, -0.05) is 44.2 Å². The monoisotopic (exact) mass is 528 g/mol. The Morgan fingerprint density at radius 2 is 1.76 bits per heavy atom. The van der Waals surface area contributed by atoms with Gasteiger partial charge >= 0.3 is 5.69 Å². The van der Waals surface area contributed by atoms with E-state index in [-0.39, 0.29) is 5.92 Å². The van der Waals surface area contributed by atoms with E-state index in [2.05, 4.69) is 15.9 Å². The van der Waals surface area contributed by atoms with Crippen LogP contribution in [0.25, 0.3) is 10.2 Å². The van der Waals surface area contributed by atoms with Gasteiger partial charge in [0.2, 0.25) is 11.8 Å². The van der Waals surface area contributed by atoms with E-state index in [1.807, 2.05) is 65.0 Å². The van der Waals surface area contributed by atoms with Gasteiger partial charge in [0.1, 0.15) is 4.70 Å². The van der Waals surface area contributed by atoms with Crippen molar-refractivity contribution < 1.29 is 14.4 Å². The molecule has 0 aliphatic heterocycles. The molecule has 2 atom stereocenters. The summed E-state index contributed by atoms with van der Waals surface area (Å²) in [7, 11) is 0. The second kappa shape index (κ2) is 12.3. The summed E-state index contributed by atoms with van der Waals surface area (Å²) in [6.45, 7) is 9.36. The molecule has 3 aromatic rings. The van der Waals surface area contributed by atoms with Gasteiger partial charge in [-0.15, -0.1) is 11.3 Å². The van der Waals surface area contributed by atoms with Crippen molar-refractivity contribution in [2.45, 2.75) is 65.9 Å². The van der Waals surface area contributed by atoms with Crippen molar-refractivity contribution in [3.63, 3.8) is 0 Å². The Morgan fingerprint density at radius 1 is 1.05 bits per heavy atom. The van der Waals surface area contributed by atoms with Gasteiger partial charge in [-0.05, 0) is 69.4 Å². The fourth-order valence-electron chi connectivity index (χ4n) is 4.16. The van der Waals surface area contributed by atoms with Crippen LogP contribution in [0.3, 0.4) is 0 Å². The summed E-state index contributed by atoms with van der Waals surface area (Å²) in [5.41, 5.74) is 4.62. The number of aromatic amines is 1. The summed E-state index contributed by atoms with van der Waals surface area (Å²) in [6, 6.07) is 11.6. The van der Waals surface area contributed by atoms with E-state index in [9.17, 15) is 19.2 Å². The quantitative estimate of drug-likeness (QED) is 0.325. The molecule has 0 aliphatic carbocycles. The van der Waals surface area contributed by atoms with Crippen LogP contribution in [0.1, 0.15) is 59.4 Å². The number of fused-ring (bicyclic) bond motifs is 1. The number of carbonyl (C=O) groups is 2. The van der Waals surface area contributed by atoms with Crippen molar-refractivity contribution in [3.05, 3.63) is 68.2 Å². The predicted octanol–water partition coefficient (Wildman–Crippen LogP) is 3.97. The largest absolute Gasteiger partial charge is 0.348 e. The Morgan fingerprint density at radius 3 is 2.41 bits per heavy atom. The maximum absolute atomic E-state index is 13.6. The van der Waals surface area contributed by atoms with Gasteiger partial charge in [0.25, 0.3) is 5.56 Å². The molecule has 0 saturated carbocycles. The number of amides is 2. The first kappa shape index (κ1) is 28.3. The van der Waals surface area contributed by atoms with Crippen LogP contribution in [0.4, 0.5) is 0 Å². The Labute approximate surface area is 220 Å². The molecule has 0 radical (unpaired) electrons. The summed E-state index contributed by atoms with van der Waals surface area (Å²) in [5, 5.41) is 1.69. The van der Waals surface area contributed by atoms with E-state index in [0.29, 0.717) is 34.2 Å². The lowest BCUT2D eigenvalue weighted by molar-refractivity contribution is -0.153. The number of hydrogen-bond acceptors (Lipinski definition) is 6. The third-order valence-electron chi connectivity index (χ3n) is 5.90. The molecule has 2 amide bonds. The first-order chi connectivity index (χ1) is 17.5. The molecule has 0 bridgehead atoms. The van der Waals surface area contributed by atoms with Crippen LogP contribution in [0.2, 0.25) is 0 Å². The molecule has 2 heterocycles. The Kier molecular flexibility index (Phi) is 9.45. The van der Waals surface area contributed by atoms with E-state index in [1.54, 1.807) is 11.4 Å². The van der Waals surface area contributed by atoms with Crippen molar-refractivity contribution in [3.8, 4) is 0 Å². The first-order valence-electron chi connectivity index (χ1n) is 12.5. The number of nitrogens with one attached hydrogen (secondary N) is 3. The average Bonchev–Trinajstić information content (AvgIpc) is 3.30. The Bertz CT molecular complexity index is 1320. The second-order valence-electron chi connectivity index (χ2n) is 10.6. The highest BCUT2D eigenvalue weighted by atomic mass is 32.1. The van der Waals surface area contributed by atoms with Crippen LogP contribution >= 0.6 is 11.3 Å². The zero-order chi connectivity index (χ0) is 27.2. The third-order valence-corrected chi connectivity index (χ3v) is 6.80. The average molecular weight is 529 g/mol. The number of rotatable bonds is 11. The number of aromatic nitrogens is 2. The Hall–Kier alpha value is -3.24. The van der Waals surface area contributed by atoms with Crippen LogP contribution in [-0.4, -0.2) is 27.1 Å². The van der Waals surface area contributed by atoms with Crippen molar-refractivity contribution >= 4 is 33.4 Å². The van der Waals surface area contributed by atoms with E-state index < -0.39 is 40.5 Å². The molecule has 1 aromatic carbocycles. The van der Waals surface area contributed by atoms with E-state index in [1.165, 1.54) is 11.3 Å². The molecular weight excluding hydrogens is 492 g/mol. The summed E-state index contributed by atoms with van der Waals surface area (Å²) < 4.78 is 1.02. The molecule has 3 rings (SSSR count). The fourth-order valence-corrected chi connectivity index (χ4v) is 4.94. The molecule has 37 heavy (non-hydrogen) atoms. The number of thiophene rings is 1. The number of hydrogen-bond donors (Lipinski definition) is 3. The van der Waals surface area contributed by atoms with Crippen LogP contribution in [0, 0.1) is 17.8 Å². The molecule has 2 aromatic heterocycles. The minimum absolute atomic E-state index is 0.0819. The lowest BCUT2D eigenvalue weighted by atomic mass is 9.81. The summed E-state index contributed by atoms with van der Waals surface area (Å²) >= 11 is 1.18. The summed E-state index contributed by atoms with van der Waals surface area (Å²) in [5.74, 6) is -2.40. The van der Waals surface area contributed by atoms with Gasteiger partial charge in [-0.25, -0.2) is 10.3 Å². The number of aryl methyl sites for hydroxylation is 1. The maximum atomic E-state index is 13.6. The fraction of sp³-hybridized carbons (Fsp3) is 0.481. The second-order valence-corrected chi connectivity index (χ2v) is 11.5. The standard InChI is InChI=1S/C27H36N4O5S/c1-17(2)16-20(23(32)29-31-25(34)22-21(14-15-37-22)28-26(31)35)19(24(33)30-36-27(3,4)5)13-9-12-18-10-7-6-8-11-18/h6-8,10-11,14-15,17,19-20H,9,12-13,16H2,1-5H3,(H,28,35)(H,29,32)(H,30,33)/t19-,20?/m1/s1. The molecule has 0 spiro atoms. The van der Waals surface area contributed by atoms with Crippen LogP contribution < -0.4 is 22.2 Å². The number of nitrogens with zero attached hydrogens (tertiary/aromatic N) is 1. The van der Waals surface area contributed by atoms with Crippen LogP contribution in [0.15, 0.2) is 51.4 Å². The van der Waals surface area contributed by atoms with Gasteiger partial charge in [-0.3, -0.25) is 24.6 Å². The van der Waals surface area contributed by atoms with E-state index >= 15 is 0 Å². The SMILES string of the molecule is CC(C)CC(C(=O)Nn1c(=O)[nH]c2ccsc2c1=O)[C@@H](CCCc1ccccc1)C(=O)NOC(C)(C)C. The molecule has 1 unspecified atom stereocenters. The molecule has 0 saturated heterocycles. The van der Waals surface area contributed by atoms with Crippen LogP contribution in [0.5, 0.6) is 0 Å². The van der Waals surface area contributed by atoms with E-state index in [4.69, 9.17) is 4.84 Å². The van der Waals surface area contributed by atoms with Gasteiger partial charge in [-0.2, -0.15) is 4.68 Å². The molecule has 3 N–H and O–H groups in total. The molecule has 0 aliphatic rings. The predicted molar refractivity (Wildman–Crippen MR) is 146 cm³/mol. The molecular formula is C27H36N4O5S. The highest BCUT2D eigenvalue weighted by Crippen LogP contribution is 2.27. The van der Waals surface area contributed by atoms with Gasteiger partial charge < -0.3 is 4.98 Å². The maximum Gasteiger partial charge on any atom is 0.348 e. The molecule has 9 nitrogen and oxygen atoms in total. The van der Waals surface area contributed by atoms with Gasteiger partial charge in [0.15, 0.2) is 0 Å². The Balaban J connectivity index is 1.88. The number of benzene rings is 1. The molecule has 10 heteroatoms. The number of H-pyrrole nitrogens is 1. The van der Waals surface area contributed by atoms with Gasteiger partial charge in [0.05, 0.1) is 23.0 Å². The van der Waals surface area contributed by atoms with Crippen molar-refractivity contribution in [2.24, 2.45) is 17.8 Å². The molecule has 0 fully saturated rings. The highest BCUT2D eigenvalue weighted by Gasteiger charge is 2.35. The van der Waals surface area contributed by atoms with Crippen molar-refractivity contribution in [1.29, 1.82) is 0 Å². The normalized spacial score (nSPS) is 13.5. The topological polar surface area (TPSA) is 122 Å². The zero-order valence-electron chi connectivity index (χ0n) is 22.0. The zero-order valence-corrected chi connectivity index (χ0v) is 22.8. The minimum Gasteiger partial charge on any atom is -0.304 e. The van der Waals surface area contributed by atoms with Crippen molar-refractivity contribution in [2.75, 3.05) is 5.43 Å². The lowest BCUT2D eigenvalue weighted by Gasteiger charge is -2.28. The summed E-state index contributed by atoms with van der Waals surface area (Å²) in [4.78, 5) is 60.5. The number of carbonyl (C=O) groups excluding carboxylic acids is 2. The lowest BCUT2D eigenvalue weighted by Crippen LogP contribution is -2.48. The highest BCUT2D eigenvalue weighted by molar-refractivity contribution is 7.17. The van der Waals surface area contributed by atoms with Crippen molar-refractivity contribution in [1.82, 2.24) is 15.1 Å². The smallest absolute Gasteiger partial charge is 0.304 e. The minimum atomic E-state index is -0.787. The molecule has 200 valence electrons. The first-order valence-corrected chi connectivity index (χ1v) is 13.4. The number of hydroxylamine groups is 1. The summed E-state index contributed by atoms with van der Waals surface area (Å²) in [6.07, 6.45) is 2.23. The van der Waals surface area contributed by atoms with Gasteiger partial charge in [0, 0.05) is 0 Å². The van der Waals surface area contributed by atoms with Crippen LogP contribution in [-0.2, 0) is 20.8 Å². The third kappa shape index (κ3) is 7.87. The van der Waals surface area contributed by atoms with E-state index in [0.717, 1.165) is 12.0 Å².